The summed E-state index contributed by atoms with van der Waals surface area (Å²) in [5, 5.41) is 10.4. The Morgan fingerprint density at radius 1 is 1.15 bits per heavy atom. The summed E-state index contributed by atoms with van der Waals surface area (Å²) in [4.78, 5) is 22.0. The number of nitrogens with one attached hydrogen (secondary N) is 1. The lowest BCUT2D eigenvalue weighted by molar-refractivity contribution is -0.269. The Labute approximate surface area is 110 Å². The molecule has 0 aliphatic carbocycles. The number of carboxylic acid groups (broad SMARTS) is 1. The Bertz CT molecular complexity index is 390. The highest BCUT2D eigenvalue weighted by Crippen LogP contribution is 2.36. The first-order valence-electron chi connectivity index (χ1n) is 5.57. The minimum absolute atomic E-state index is 0.0256. The lowest BCUT2D eigenvalue weighted by Crippen LogP contribution is -2.54. The lowest BCUT2D eigenvalue weighted by Gasteiger charge is -2.33. The number of carboxylic acids is 1. The zero-order valence-corrected chi connectivity index (χ0v) is 10.1. The molecule has 1 heterocycles. The van der Waals surface area contributed by atoms with Crippen molar-refractivity contribution in [1.82, 2.24) is 5.32 Å². The van der Waals surface area contributed by atoms with E-state index in [1.807, 2.05) is 0 Å². The number of carbonyl (C=O) groups excluding carboxylic acids is 1. The molecule has 0 saturated carbocycles. The minimum Gasteiger partial charge on any atom is -0.481 e. The number of ether oxygens (including phenoxy) is 1. The van der Waals surface area contributed by atoms with E-state index in [-0.39, 0.29) is 26.1 Å². The fourth-order valence-electron chi connectivity index (χ4n) is 1.72. The van der Waals surface area contributed by atoms with Crippen molar-refractivity contribution in [3.8, 4) is 0 Å². The average molecular weight is 305 g/mol. The molecule has 0 unspecified atom stereocenters. The molecule has 0 aromatic heterocycles. The van der Waals surface area contributed by atoms with Crippen LogP contribution in [-0.2, 0) is 14.3 Å². The number of halogens is 5. The van der Waals surface area contributed by atoms with Crippen LogP contribution in [0.2, 0.25) is 0 Å². The van der Waals surface area contributed by atoms with Crippen LogP contribution < -0.4 is 5.32 Å². The van der Waals surface area contributed by atoms with Gasteiger partial charge in [-0.3, -0.25) is 9.59 Å². The molecule has 0 radical (unpaired) electrons. The third-order valence-corrected chi connectivity index (χ3v) is 3.13. The van der Waals surface area contributed by atoms with Crippen molar-refractivity contribution in [3.05, 3.63) is 0 Å². The number of rotatable bonds is 4. The molecular formula is C10H12F5NO4. The maximum atomic E-state index is 12.7. The molecule has 20 heavy (non-hydrogen) atoms. The van der Waals surface area contributed by atoms with Gasteiger partial charge in [-0.15, -0.1) is 0 Å². The summed E-state index contributed by atoms with van der Waals surface area (Å²) >= 11 is 0. The fourth-order valence-corrected chi connectivity index (χ4v) is 1.72. The molecule has 0 aromatic rings. The van der Waals surface area contributed by atoms with E-state index in [1.54, 1.807) is 0 Å². The summed E-state index contributed by atoms with van der Waals surface area (Å²) in [6, 6.07) is 0. The molecule has 0 atom stereocenters. The first-order chi connectivity index (χ1) is 9.03. The summed E-state index contributed by atoms with van der Waals surface area (Å²) < 4.78 is 66.2. The third kappa shape index (κ3) is 3.17. The highest BCUT2D eigenvalue weighted by atomic mass is 19.4. The van der Waals surface area contributed by atoms with Crippen molar-refractivity contribution in [1.29, 1.82) is 0 Å². The second-order valence-electron chi connectivity index (χ2n) is 4.45. The molecule has 1 aliphatic heterocycles. The number of hydrogen-bond donors (Lipinski definition) is 2. The van der Waals surface area contributed by atoms with Crippen LogP contribution in [0.4, 0.5) is 22.0 Å². The fraction of sp³-hybridized carbons (Fsp3) is 0.800. The molecule has 1 amide bonds. The van der Waals surface area contributed by atoms with E-state index in [4.69, 9.17) is 9.84 Å². The highest BCUT2D eigenvalue weighted by Gasteiger charge is 2.63. The van der Waals surface area contributed by atoms with Crippen LogP contribution in [0.25, 0.3) is 0 Å². The first-order valence-corrected chi connectivity index (χ1v) is 5.57. The second kappa shape index (κ2) is 5.51. The average Bonchev–Trinajstić information content (AvgIpc) is 2.35. The minimum atomic E-state index is -6.02. The van der Waals surface area contributed by atoms with Gasteiger partial charge in [0.05, 0.1) is 5.41 Å². The van der Waals surface area contributed by atoms with Crippen molar-refractivity contribution in [2.45, 2.75) is 24.9 Å². The normalized spacial score (nSPS) is 19.4. The van der Waals surface area contributed by atoms with E-state index in [2.05, 4.69) is 0 Å². The number of hydrogen-bond acceptors (Lipinski definition) is 3. The summed E-state index contributed by atoms with van der Waals surface area (Å²) in [6.45, 7) is -0.758. The Balaban J connectivity index is 2.74. The summed E-state index contributed by atoms with van der Waals surface area (Å²) in [7, 11) is 0. The monoisotopic (exact) mass is 305 g/mol. The Morgan fingerprint density at radius 3 is 2.05 bits per heavy atom. The standard InChI is InChI=1S/C10H12F5NO4/c11-9(12,10(13,14)15)6(17)16-5-8(7(18)19)1-3-20-4-2-8/h1-5H2,(H,16,17)(H,18,19). The van der Waals surface area contributed by atoms with E-state index < -0.39 is 35.9 Å². The van der Waals surface area contributed by atoms with Crippen LogP contribution >= 0.6 is 0 Å². The molecule has 1 aliphatic rings. The van der Waals surface area contributed by atoms with Gasteiger partial charge < -0.3 is 15.2 Å². The largest absolute Gasteiger partial charge is 0.481 e. The van der Waals surface area contributed by atoms with E-state index in [1.165, 1.54) is 5.32 Å². The van der Waals surface area contributed by atoms with E-state index >= 15 is 0 Å². The van der Waals surface area contributed by atoms with Gasteiger partial charge in [0.15, 0.2) is 0 Å². The predicted octanol–water partition coefficient (Wildman–Crippen LogP) is 1.18. The zero-order valence-electron chi connectivity index (χ0n) is 10.1. The van der Waals surface area contributed by atoms with Crippen molar-refractivity contribution in [2.75, 3.05) is 19.8 Å². The number of amides is 1. The van der Waals surface area contributed by atoms with Crippen LogP contribution in [0, 0.1) is 5.41 Å². The van der Waals surface area contributed by atoms with Gasteiger partial charge in [0.1, 0.15) is 0 Å². The summed E-state index contributed by atoms with van der Waals surface area (Å²) in [5.74, 6) is -9.49. The van der Waals surface area contributed by atoms with Crippen molar-refractivity contribution < 1.29 is 41.4 Å². The SMILES string of the molecule is O=C(O)C1(CNC(=O)C(F)(F)C(F)(F)F)CCOCC1. The van der Waals surface area contributed by atoms with Crippen molar-refractivity contribution >= 4 is 11.9 Å². The number of carbonyl (C=O) groups is 2. The van der Waals surface area contributed by atoms with Crippen molar-refractivity contribution in [3.63, 3.8) is 0 Å². The quantitative estimate of drug-likeness (QED) is 0.765. The smallest absolute Gasteiger partial charge is 0.463 e. The molecule has 2 N–H and O–H groups in total. The van der Waals surface area contributed by atoms with E-state index in [0.717, 1.165) is 0 Å². The number of alkyl halides is 5. The van der Waals surface area contributed by atoms with Gasteiger partial charge >= 0.3 is 18.1 Å². The van der Waals surface area contributed by atoms with Gasteiger partial charge in [-0.25, -0.2) is 0 Å². The maximum absolute atomic E-state index is 12.7. The van der Waals surface area contributed by atoms with Crippen LogP contribution in [-0.4, -0.2) is 48.8 Å². The molecular weight excluding hydrogens is 293 g/mol. The van der Waals surface area contributed by atoms with Gasteiger partial charge in [0.2, 0.25) is 0 Å². The third-order valence-electron chi connectivity index (χ3n) is 3.13. The van der Waals surface area contributed by atoms with Gasteiger partial charge in [-0.1, -0.05) is 0 Å². The summed E-state index contributed by atoms with van der Waals surface area (Å²) in [6.07, 6.45) is -6.19. The predicted molar refractivity (Wildman–Crippen MR) is 54.1 cm³/mol. The first kappa shape index (κ1) is 16.6. The highest BCUT2D eigenvalue weighted by molar-refractivity contribution is 5.85. The Kier molecular flexibility index (Phi) is 4.57. The van der Waals surface area contributed by atoms with E-state index in [9.17, 15) is 31.5 Å². The molecule has 1 fully saturated rings. The molecule has 0 bridgehead atoms. The molecule has 10 heteroatoms. The van der Waals surface area contributed by atoms with Crippen LogP contribution in [0.3, 0.4) is 0 Å². The van der Waals surface area contributed by atoms with Gasteiger partial charge in [0, 0.05) is 19.8 Å². The number of aliphatic carboxylic acids is 1. The molecule has 0 aromatic carbocycles. The zero-order chi connectivity index (χ0) is 15.6. The molecule has 0 spiro atoms. The van der Waals surface area contributed by atoms with Gasteiger partial charge in [-0.05, 0) is 12.8 Å². The van der Waals surface area contributed by atoms with Crippen LogP contribution in [0.5, 0.6) is 0 Å². The molecule has 1 saturated heterocycles. The Hall–Kier alpha value is -1.45. The van der Waals surface area contributed by atoms with E-state index in [0.29, 0.717) is 0 Å². The maximum Gasteiger partial charge on any atom is 0.463 e. The van der Waals surface area contributed by atoms with Gasteiger partial charge in [0.25, 0.3) is 5.91 Å². The second-order valence-corrected chi connectivity index (χ2v) is 4.45. The molecule has 116 valence electrons. The molecule has 5 nitrogen and oxygen atoms in total. The van der Waals surface area contributed by atoms with Crippen LogP contribution in [0.1, 0.15) is 12.8 Å². The van der Waals surface area contributed by atoms with Gasteiger partial charge in [-0.2, -0.15) is 22.0 Å². The molecule has 1 rings (SSSR count). The Morgan fingerprint density at radius 2 is 1.65 bits per heavy atom. The summed E-state index contributed by atoms with van der Waals surface area (Å²) in [5.41, 5.74) is -1.59. The van der Waals surface area contributed by atoms with Crippen LogP contribution in [0.15, 0.2) is 0 Å². The van der Waals surface area contributed by atoms with Crippen molar-refractivity contribution in [2.24, 2.45) is 5.41 Å². The lowest BCUT2D eigenvalue weighted by atomic mass is 9.80. The topological polar surface area (TPSA) is 75.6 Å².